The normalized spacial score (nSPS) is 15.9. The molecule has 28 heavy (non-hydrogen) atoms. The summed E-state index contributed by atoms with van der Waals surface area (Å²) in [4.78, 5) is 28.6. The third kappa shape index (κ3) is 6.50. The highest BCUT2D eigenvalue weighted by molar-refractivity contribution is 5.81. The largest absolute Gasteiger partial charge is 0.348 e. The van der Waals surface area contributed by atoms with Crippen molar-refractivity contribution in [1.82, 2.24) is 10.8 Å². The molecular weight excluding hydrogens is 352 g/mol. The lowest BCUT2D eigenvalue weighted by molar-refractivity contribution is -0.159. The van der Waals surface area contributed by atoms with Gasteiger partial charge in [-0.1, -0.05) is 54.6 Å². The van der Waals surface area contributed by atoms with Crippen LogP contribution in [0.25, 0.3) is 0 Å². The molecule has 3 rings (SSSR count). The van der Waals surface area contributed by atoms with Crippen molar-refractivity contribution in [3.05, 3.63) is 71.3 Å². The van der Waals surface area contributed by atoms with Crippen LogP contribution in [0.1, 0.15) is 42.4 Å². The van der Waals surface area contributed by atoms with Gasteiger partial charge in [0.15, 0.2) is 0 Å². The van der Waals surface area contributed by atoms with Gasteiger partial charge in [-0.25, -0.2) is 4.79 Å². The van der Waals surface area contributed by atoms with Gasteiger partial charge in [0.05, 0.1) is 6.42 Å². The molecule has 0 spiro atoms. The molecule has 2 N–H and O–H groups in total. The molecule has 5 nitrogen and oxygen atoms in total. The smallest absolute Gasteiger partial charge is 0.339 e. The Bertz CT molecular complexity index is 753. The number of hydrogen-bond acceptors (Lipinski definition) is 4. The number of amides is 1. The molecule has 1 heterocycles. The van der Waals surface area contributed by atoms with Gasteiger partial charge in [0.25, 0.3) is 5.91 Å². The maximum absolute atomic E-state index is 12.0. The lowest BCUT2D eigenvalue weighted by Gasteiger charge is -2.10. The zero-order valence-corrected chi connectivity index (χ0v) is 16.2. The Morgan fingerprint density at radius 1 is 0.929 bits per heavy atom. The second-order valence-corrected chi connectivity index (χ2v) is 7.28. The van der Waals surface area contributed by atoms with Crippen LogP contribution in [0.4, 0.5) is 0 Å². The van der Waals surface area contributed by atoms with E-state index in [1.54, 1.807) is 0 Å². The molecule has 2 aromatic carbocycles. The molecule has 1 saturated heterocycles. The fraction of sp³-hybridized carbons (Fsp3) is 0.391. The van der Waals surface area contributed by atoms with Crippen molar-refractivity contribution in [3.63, 3.8) is 0 Å². The molecule has 0 unspecified atom stereocenters. The molecule has 1 amide bonds. The van der Waals surface area contributed by atoms with Crippen LogP contribution in [0.15, 0.2) is 54.6 Å². The van der Waals surface area contributed by atoms with Crippen molar-refractivity contribution in [2.24, 2.45) is 0 Å². The molecule has 1 aliphatic rings. The van der Waals surface area contributed by atoms with E-state index in [0.717, 1.165) is 50.6 Å². The Kier molecular flexibility index (Phi) is 7.62. The standard InChI is InChI=1S/C23H28N2O3/c26-22(25-28-23(27)21-11-6-16-24-21)17-20-14-12-19(13-15-20)10-5-4-9-18-7-2-1-3-8-18/h1-3,7-8,12-15,21,24H,4-6,9-11,16-17H2,(H,25,26)/t21-/m0/s1. The minimum Gasteiger partial charge on any atom is -0.339 e. The number of rotatable bonds is 8. The SMILES string of the molecule is O=C(Cc1ccc(CCCCc2ccccc2)cc1)NOC(=O)[C@@H]1CCCN1. The van der Waals surface area contributed by atoms with Gasteiger partial charge in [0.1, 0.15) is 6.04 Å². The first-order chi connectivity index (χ1) is 13.7. The number of hydrogen-bond donors (Lipinski definition) is 2. The maximum Gasteiger partial charge on any atom is 0.348 e. The second kappa shape index (κ2) is 10.6. The van der Waals surface area contributed by atoms with Crippen LogP contribution < -0.4 is 10.8 Å². The van der Waals surface area contributed by atoms with Crippen LogP contribution in [0.5, 0.6) is 0 Å². The van der Waals surface area contributed by atoms with Gasteiger partial charge in [-0.3, -0.25) is 4.79 Å². The quantitative estimate of drug-likeness (QED) is 0.545. The lowest BCUT2D eigenvalue weighted by Crippen LogP contribution is -2.38. The molecule has 1 fully saturated rings. The number of unbranched alkanes of at least 4 members (excludes halogenated alkanes) is 1. The number of hydroxylamine groups is 1. The Labute approximate surface area is 166 Å². The minimum absolute atomic E-state index is 0.194. The lowest BCUT2D eigenvalue weighted by atomic mass is 10.0. The van der Waals surface area contributed by atoms with Gasteiger partial charge in [-0.2, -0.15) is 5.48 Å². The first-order valence-corrected chi connectivity index (χ1v) is 10.1. The average Bonchev–Trinajstić information content (AvgIpc) is 3.26. The zero-order chi connectivity index (χ0) is 19.6. The van der Waals surface area contributed by atoms with Crippen molar-refractivity contribution in [1.29, 1.82) is 0 Å². The predicted molar refractivity (Wildman–Crippen MR) is 108 cm³/mol. The van der Waals surface area contributed by atoms with Crippen molar-refractivity contribution in [2.45, 2.75) is 51.0 Å². The molecule has 2 aromatic rings. The third-order valence-electron chi connectivity index (χ3n) is 5.02. The minimum atomic E-state index is -0.420. The Morgan fingerprint density at radius 3 is 2.21 bits per heavy atom. The van der Waals surface area contributed by atoms with E-state index in [4.69, 9.17) is 4.84 Å². The van der Waals surface area contributed by atoms with E-state index < -0.39 is 5.97 Å². The number of carbonyl (C=O) groups is 2. The van der Waals surface area contributed by atoms with Crippen molar-refractivity contribution in [2.75, 3.05) is 6.54 Å². The summed E-state index contributed by atoms with van der Waals surface area (Å²) < 4.78 is 0. The van der Waals surface area contributed by atoms with E-state index in [1.165, 1.54) is 11.1 Å². The summed E-state index contributed by atoms with van der Waals surface area (Å²) in [6, 6.07) is 18.3. The maximum atomic E-state index is 12.0. The van der Waals surface area contributed by atoms with Crippen LogP contribution in [-0.2, 0) is 33.7 Å². The molecule has 0 aromatic heterocycles. The fourth-order valence-corrected chi connectivity index (χ4v) is 3.41. The fourth-order valence-electron chi connectivity index (χ4n) is 3.41. The number of aryl methyl sites for hydroxylation is 2. The monoisotopic (exact) mass is 380 g/mol. The number of benzene rings is 2. The van der Waals surface area contributed by atoms with Crippen LogP contribution in [0, 0.1) is 0 Å². The van der Waals surface area contributed by atoms with Crippen molar-refractivity contribution >= 4 is 11.9 Å². The summed E-state index contributed by atoms with van der Waals surface area (Å²) >= 11 is 0. The molecule has 0 aliphatic carbocycles. The highest BCUT2D eigenvalue weighted by Gasteiger charge is 2.24. The summed E-state index contributed by atoms with van der Waals surface area (Å²) in [6.07, 6.45) is 6.34. The number of nitrogens with one attached hydrogen (secondary N) is 2. The van der Waals surface area contributed by atoms with E-state index in [1.807, 2.05) is 18.2 Å². The van der Waals surface area contributed by atoms with Gasteiger partial charge in [0, 0.05) is 0 Å². The predicted octanol–water partition coefficient (Wildman–Crippen LogP) is 3.12. The molecule has 148 valence electrons. The van der Waals surface area contributed by atoms with Gasteiger partial charge in [-0.05, 0) is 61.8 Å². The number of carbonyl (C=O) groups excluding carboxylic acids is 2. The van der Waals surface area contributed by atoms with E-state index in [2.05, 4.69) is 47.2 Å². The topological polar surface area (TPSA) is 67.4 Å². The van der Waals surface area contributed by atoms with Crippen molar-refractivity contribution in [3.8, 4) is 0 Å². The zero-order valence-electron chi connectivity index (χ0n) is 16.2. The Morgan fingerprint density at radius 2 is 1.57 bits per heavy atom. The molecule has 0 bridgehead atoms. The average molecular weight is 380 g/mol. The van der Waals surface area contributed by atoms with Crippen LogP contribution in [0.3, 0.4) is 0 Å². The summed E-state index contributed by atoms with van der Waals surface area (Å²) in [5.41, 5.74) is 5.81. The second-order valence-electron chi connectivity index (χ2n) is 7.28. The van der Waals surface area contributed by atoms with Gasteiger partial charge in [0.2, 0.25) is 0 Å². The summed E-state index contributed by atoms with van der Waals surface area (Å²) in [5.74, 6) is -0.737. The first-order valence-electron chi connectivity index (χ1n) is 10.1. The van der Waals surface area contributed by atoms with Gasteiger partial charge < -0.3 is 10.2 Å². The third-order valence-corrected chi connectivity index (χ3v) is 5.02. The summed E-state index contributed by atoms with van der Waals surface area (Å²) in [5, 5.41) is 3.04. The Hall–Kier alpha value is -2.66. The van der Waals surface area contributed by atoms with E-state index in [0.29, 0.717) is 0 Å². The molecule has 5 heteroatoms. The molecule has 1 aliphatic heterocycles. The van der Waals surface area contributed by atoms with Crippen LogP contribution >= 0.6 is 0 Å². The van der Waals surface area contributed by atoms with E-state index >= 15 is 0 Å². The van der Waals surface area contributed by atoms with Gasteiger partial charge in [-0.15, -0.1) is 0 Å². The summed E-state index contributed by atoms with van der Waals surface area (Å²) in [7, 11) is 0. The van der Waals surface area contributed by atoms with Crippen molar-refractivity contribution < 1.29 is 14.4 Å². The molecule has 0 saturated carbocycles. The first kappa shape index (κ1) is 20.1. The van der Waals surface area contributed by atoms with E-state index in [-0.39, 0.29) is 18.4 Å². The van der Waals surface area contributed by atoms with Crippen LogP contribution in [0.2, 0.25) is 0 Å². The van der Waals surface area contributed by atoms with E-state index in [9.17, 15) is 9.59 Å². The van der Waals surface area contributed by atoms with Gasteiger partial charge >= 0.3 is 5.97 Å². The highest BCUT2D eigenvalue weighted by atomic mass is 16.7. The molecule has 0 radical (unpaired) electrons. The Balaban J connectivity index is 1.34. The highest BCUT2D eigenvalue weighted by Crippen LogP contribution is 2.11. The summed E-state index contributed by atoms with van der Waals surface area (Å²) in [6.45, 7) is 0.812. The molecule has 1 atom stereocenters. The molecular formula is C23H28N2O3. The van der Waals surface area contributed by atoms with Crippen LogP contribution in [-0.4, -0.2) is 24.5 Å².